The van der Waals surface area contributed by atoms with E-state index in [4.69, 9.17) is 5.73 Å². The third kappa shape index (κ3) is 2.59. The fourth-order valence-electron chi connectivity index (χ4n) is 2.39. The first-order chi connectivity index (χ1) is 9.78. The van der Waals surface area contributed by atoms with Gasteiger partial charge in [0.05, 0.1) is 6.20 Å². The van der Waals surface area contributed by atoms with Gasteiger partial charge >= 0.3 is 0 Å². The van der Waals surface area contributed by atoms with Gasteiger partial charge < -0.3 is 15.5 Å². The average molecular weight is 293 g/mol. The Kier molecular flexibility index (Phi) is 3.79. The highest BCUT2D eigenvalue weighted by Gasteiger charge is 2.21. The molecular weight excluding hydrogens is 277 g/mol. The minimum Gasteiger partial charge on any atom is -0.353 e. The maximum Gasteiger partial charge on any atom is 0.185 e. The first-order valence-corrected chi connectivity index (χ1v) is 7.40. The predicted octanol–water partition coefficient (Wildman–Crippen LogP) is 1.46. The van der Waals surface area contributed by atoms with Gasteiger partial charge in [-0.3, -0.25) is 0 Å². The summed E-state index contributed by atoms with van der Waals surface area (Å²) in [6, 6.07) is 1.47. The molecule has 0 aromatic carbocycles. The lowest BCUT2D eigenvalue weighted by Crippen LogP contribution is -2.47. The van der Waals surface area contributed by atoms with Crippen LogP contribution in [0.2, 0.25) is 0 Å². The zero-order valence-electron chi connectivity index (χ0n) is 11.0. The Morgan fingerprint density at radius 3 is 2.60 bits per heavy atom. The van der Waals surface area contributed by atoms with E-state index in [0.29, 0.717) is 6.54 Å². The van der Waals surface area contributed by atoms with Crippen molar-refractivity contribution in [2.24, 2.45) is 5.73 Å². The van der Waals surface area contributed by atoms with Crippen LogP contribution in [0.25, 0.3) is 0 Å². The van der Waals surface area contributed by atoms with Crippen molar-refractivity contribution in [2.45, 2.75) is 6.54 Å². The molecule has 1 saturated heterocycles. The summed E-state index contributed by atoms with van der Waals surface area (Å²) in [7, 11) is 0. The molecule has 0 atom stereocenters. The van der Waals surface area contributed by atoms with Crippen LogP contribution in [0.5, 0.6) is 0 Å². The van der Waals surface area contributed by atoms with Gasteiger partial charge in [0.2, 0.25) is 0 Å². The number of hydrogen-bond donors (Lipinski definition) is 1. The van der Waals surface area contributed by atoms with E-state index < -0.39 is 0 Å². The number of thiazole rings is 1. The van der Waals surface area contributed by atoms with Crippen LogP contribution in [-0.4, -0.2) is 36.1 Å². The number of anilines is 2. The van der Waals surface area contributed by atoms with Crippen LogP contribution in [-0.2, 0) is 6.54 Å². The Balaban J connectivity index is 1.72. The van der Waals surface area contributed by atoms with Crippen LogP contribution < -0.4 is 15.5 Å². The monoisotopic (exact) mass is 293 g/mol. The molecule has 0 unspecified atom stereocenters. The van der Waals surface area contributed by atoms with E-state index in [1.165, 1.54) is 12.3 Å². The molecule has 0 saturated carbocycles. The Bertz CT molecular complexity index is 566. The van der Waals surface area contributed by atoms with E-state index in [1.807, 2.05) is 11.6 Å². The molecule has 0 aliphatic carbocycles. The highest BCUT2D eigenvalue weighted by molar-refractivity contribution is 7.13. The Labute approximate surface area is 120 Å². The molecular formula is C13H16FN5S. The summed E-state index contributed by atoms with van der Waals surface area (Å²) in [5.74, 6) is 0.461. The van der Waals surface area contributed by atoms with Gasteiger partial charge in [-0.25, -0.2) is 14.4 Å². The highest BCUT2D eigenvalue weighted by Crippen LogP contribution is 2.23. The van der Waals surface area contributed by atoms with E-state index in [9.17, 15) is 4.39 Å². The van der Waals surface area contributed by atoms with E-state index in [0.717, 1.165) is 42.7 Å². The molecule has 1 fully saturated rings. The first kappa shape index (κ1) is 13.3. The lowest BCUT2D eigenvalue weighted by atomic mass is 10.2. The smallest absolute Gasteiger partial charge is 0.185 e. The van der Waals surface area contributed by atoms with Crippen LogP contribution in [0.4, 0.5) is 15.3 Å². The van der Waals surface area contributed by atoms with Crippen molar-refractivity contribution in [1.29, 1.82) is 0 Å². The third-order valence-corrected chi connectivity index (χ3v) is 4.23. The zero-order valence-corrected chi connectivity index (χ0v) is 11.8. The molecule has 0 bridgehead atoms. The van der Waals surface area contributed by atoms with E-state index in [-0.39, 0.29) is 5.82 Å². The van der Waals surface area contributed by atoms with E-state index >= 15 is 0 Å². The molecule has 20 heavy (non-hydrogen) atoms. The molecule has 3 heterocycles. The fraction of sp³-hybridized carbons (Fsp3) is 0.385. The summed E-state index contributed by atoms with van der Waals surface area (Å²) < 4.78 is 13.2. The van der Waals surface area contributed by atoms with Gasteiger partial charge in [0, 0.05) is 49.9 Å². The minimum absolute atomic E-state index is 0.298. The highest BCUT2D eigenvalue weighted by atomic mass is 32.1. The molecule has 1 aliphatic heterocycles. The lowest BCUT2D eigenvalue weighted by molar-refractivity contribution is 0.610. The summed E-state index contributed by atoms with van der Waals surface area (Å²) in [6.45, 7) is 3.75. The maximum atomic E-state index is 13.2. The van der Waals surface area contributed by atoms with Crippen LogP contribution in [0.3, 0.4) is 0 Å². The standard InChI is InChI=1S/C13H16FN5S/c14-11-7-10(8-15)12(17-9-11)18-2-4-19(5-3-18)13-16-1-6-20-13/h1,6-7,9H,2-5,8,15H2. The number of rotatable bonds is 3. The van der Waals surface area contributed by atoms with Crippen molar-refractivity contribution >= 4 is 22.3 Å². The quantitative estimate of drug-likeness (QED) is 0.928. The number of hydrogen-bond acceptors (Lipinski definition) is 6. The maximum absolute atomic E-state index is 13.2. The molecule has 0 spiro atoms. The number of halogens is 1. The van der Waals surface area contributed by atoms with Crippen molar-refractivity contribution in [3.05, 3.63) is 35.2 Å². The van der Waals surface area contributed by atoms with Gasteiger partial charge in [-0.1, -0.05) is 0 Å². The molecule has 0 radical (unpaired) electrons. The summed E-state index contributed by atoms with van der Waals surface area (Å²) in [5.41, 5.74) is 6.44. The van der Waals surface area contributed by atoms with Gasteiger partial charge in [0.15, 0.2) is 5.13 Å². The SMILES string of the molecule is NCc1cc(F)cnc1N1CCN(c2nccs2)CC1. The summed E-state index contributed by atoms with van der Waals surface area (Å²) in [4.78, 5) is 12.9. The van der Waals surface area contributed by atoms with Crippen LogP contribution in [0.15, 0.2) is 23.8 Å². The topological polar surface area (TPSA) is 58.3 Å². The molecule has 5 nitrogen and oxygen atoms in total. The Hall–Kier alpha value is -1.73. The first-order valence-electron chi connectivity index (χ1n) is 6.52. The predicted molar refractivity (Wildman–Crippen MR) is 78.6 cm³/mol. The summed E-state index contributed by atoms with van der Waals surface area (Å²) in [5, 5.41) is 3.03. The normalized spacial score (nSPS) is 15.7. The van der Waals surface area contributed by atoms with Crippen molar-refractivity contribution in [3.63, 3.8) is 0 Å². The van der Waals surface area contributed by atoms with Crippen molar-refractivity contribution in [1.82, 2.24) is 9.97 Å². The fourth-order valence-corrected chi connectivity index (χ4v) is 3.09. The second kappa shape index (κ2) is 5.72. The number of pyridine rings is 1. The molecule has 1 aliphatic rings. The number of nitrogens with zero attached hydrogens (tertiary/aromatic N) is 4. The van der Waals surface area contributed by atoms with Crippen molar-refractivity contribution < 1.29 is 4.39 Å². The van der Waals surface area contributed by atoms with Crippen LogP contribution in [0, 0.1) is 5.82 Å². The second-order valence-electron chi connectivity index (χ2n) is 4.63. The zero-order chi connectivity index (χ0) is 13.9. The van der Waals surface area contributed by atoms with E-state index in [1.54, 1.807) is 11.3 Å². The molecule has 106 valence electrons. The molecule has 2 aromatic rings. The molecule has 2 N–H and O–H groups in total. The largest absolute Gasteiger partial charge is 0.353 e. The molecule has 7 heteroatoms. The number of piperazine rings is 1. The van der Waals surface area contributed by atoms with Crippen molar-refractivity contribution in [3.8, 4) is 0 Å². The van der Waals surface area contributed by atoms with E-state index in [2.05, 4.69) is 19.8 Å². The minimum atomic E-state index is -0.337. The van der Waals surface area contributed by atoms with Gasteiger partial charge in [-0.2, -0.15) is 0 Å². The molecule has 2 aromatic heterocycles. The molecule has 0 amide bonds. The Morgan fingerprint density at radius 2 is 1.95 bits per heavy atom. The number of nitrogens with two attached hydrogens (primary N) is 1. The third-order valence-electron chi connectivity index (χ3n) is 3.40. The van der Waals surface area contributed by atoms with Gasteiger partial charge in [0.25, 0.3) is 0 Å². The van der Waals surface area contributed by atoms with Crippen molar-refractivity contribution in [2.75, 3.05) is 36.0 Å². The lowest BCUT2D eigenvalue weighted by Gasteiger charge is -2.36. The van der Waals surface area contributed by atoms with Gasteiger partial charge in [-0.15, -0.1) is 11.3 Å². The average Bonchev–Trinajstić information content (AvgIpc) is 3.01. The van der Waals surface area contributed by atoms with Crippen LogP contribution in [0.1, 0.15) is 5.56 Å². The number of aromatic nitrogens is 2. The molecule has 3 rings (SSSR count). The summed E-state index contributed by atoms with van der Waals surface area (Å²) >= 11 is 1.65. The van der Waals surface area contributed by atoms with Crippen LogP contribution >= 0.6 is 11.3 Å². The van der Waals surface area contributed by atoms with Gasteiger partial charge in [0.1, 0.15) is 11.6 Å². The van der Waals surface area contributed by atoms with Gasteiger partial charge in [-0.05, 0) is 6.07 Å². The second-order valence-corrected chi connectivity index (χ2v) is 5.50. The Morgan fingerprint density at radius 1 is 1.20 bits per heavy atom. The summed E-state index contributed by atoms with van der Waals surface area (Å²) in [6.07, 6.45) is 3.07.